The molecule has 0 amide bonds. The van der Waals surface area contributed by atoms with Crippen LogP contribution in [0.3, 0.4) is 0 Å². The highest BCUT2D eigenvalue weighted by Crippen LogP contribution is 2.27. The van der Waals surface area contributed by atoms with Crippen molar-refractivity contribution in [1.82, 2.24) is 9.55 Å². The van der Waals surface area contributed by atoms with Crippen LogP contribution in [-0.2, 0) is 4.74 Å². The predicted octanol–water partition coefficient (Wildman–Crippen LogP) is -2.01. The van der Waals surface area contributed by atoms with Gasteiger partial charge < -0.3 is 14.9 Å². The molecule has 2 rings (SSSR count). The molecular formula is C10H12N2O6. The molecule has 0 bridgehead atoms. The van der Waals surface area contributed by atoms with Crippen LogP contribution in [0.25, 0.3) is 0 Å². The van der Waals surface area contributed by atoms with Gasteiger partial charge in [0.15, 0.2) is 6.29 Å². The number of ether oxygens (including phenoxy) is 1. The van der Waals surface area contributed by atoms with Gasteiger partial charge in [0.05, 0.1) is 18.3 Å². The summed E-state index contributed by atoms with van der Waals surface area (Å²) in [6.07, 6.45) is -1.02. The number of carbonyl (C=O) groups is 1. The van der Waals surface area contributed by atoms with Crippen molar-refractivity contribution in [3.63, 3.8) is 0 Å². The number of aliphatic hydroxyl groups is 2. The van der Waals surface area contributed by atoms with Gasteiger partial charge >= 0.3 is 5.69 Å². The highest BCUT2D eigenvalue weighted by atomic mass is 16.5. The molecule has 18 heavy (non-hydrogen) atoms. The normalized spacial score (nSPS) is 27.3. The van der Waals surface area contributed by atoms with E-state index >= 15 is 0 Å². The van der Waals surface area contributed by atoms with E-state index in [4.69, 9.17) is 9.84 Å². The van der Waals surface area contributed by atoms with Gasteiger partial charge in [-0.1, -0.05) is 0 Å². The van der Waals surface area contributed by atoms with Gasteiger partial charge in [-0.15, -0.1) is 0 Å². The summed E-state index contributed by atoms with van der Waals surface area (Å²) in [6.45, 7) is -0.379. The molecule has 98 valence electrons. The van der Waals surface area contributed by atoms with E-state index in [1.807, 2.05) is 4.98 Å². The average Bonchev–Trinajstić information content (AvgIpc) is 2.70. The Morgan fingerprint density at radius 3 is 2.83 bits per heavy atom. The van der Waals surface area contributed by atoms with Gasteiger partial charge in [-0.05, 0) is 0 Å². The predicted molar refractivity (Wildman–Crippen MR) is 58.3 cm³/mol. The second-order valence-electron chi connectivity index (χ2n) is 3.98. The zero-order chi connectivity index (χ0) is 13.3. The number of hydrogen-bond donors (Lipinski definition) is 3. The number of carbonyl (C=O) groups excluding carboxylic acids is 1. The first-order chi connectivity index (χ1) is 8.56. The van der Waals surface area contributed by atoms with Crippen LogP contribution in [0.2, 0.25) is 0 Å². The molecule has 8 nitrogen and oxygen atoms in total. The summed E-state index contributed by atoms with van der Waals surface area (Å²) in [4.78, 5) is 35.4. The Morgan fingerprint density at radius 2 is 2.28 bits per heavy atom. The highest BCUT2D eigenvalue weighted by molar-refractivity contribution is 5.73. The first kappa shape index (κ1) is 12.7. The van der Waals surface area contributed by atoms with Gasteiger partial charge in [-0.3, -0.25) is 19.1 Å². The van der Waals surface area contributed by atoms with E-state index < -0.39 is 29.7 Å². The second-order valence-corrected chi connectivity index (χ2v) is 3.98. The lowest BCUT2D eigenvalue weighted by atomic mass is 10.2. The highest BCUT2D eigenvalue weighted by Gasteiger charge is 2.35. The van der Waals surface area contributed by atoms with Crippen molar-refractivity contribution in [3.8, 4) is 0 Å². The number of aromatic amines is 1. The van der Waals surface area contributed by atoms with Crippen LogP contribution in [0.15, 0.2) is 15.8 Å². The minimum absolute atomic E-state index is 0.0927. The summed E-state index contributed by atoms with van der Waals surface area (Å²) in [7, 11) is 0. The van der Waals surface area contributed by atoms with Crippen LogP contribution in [0, 0.1) is 0 Å². The number of aliphatic hydroxyl groups excluding tert-OH is 2. The van der Waals surface area contributed by atoms with E-state index in [9.17, 15) is 19.5 Å². The zero-order valence-corrected chi connectivity index (χ0v) is 9.28. The monoisotopic (exact) mass is 256 g/mol. The van der Waals surface area contributed by atoms with Crippen molar-refractivity contribution in [1.29, 1.82) is 0 Å². The van der Waals surface area contributed by atoms with E-state index in [1.54, 1.807) is 0 Å². The SMILES string of the molecule is O=Cc1cn([C@H]2C[C@@H](O)[C@@H](CO)O2)c(=O)[nH]c1=O. The number of nitrogens with one attached hydrogen (secondary N) is 1. The molecule has 3 atom stereocenters. The van der Waals surface area contributed by atoms with Gasteiger partial charge in [0.2, 0.25) is 0 Å². The topological polar surface area (TPSA) is 122 Å². The molecule has 0 unspecified atom stereocenters. The largest absolute Gasteiger partial charge is 0.394 e. The Bertz CT molecular complexity index is 562. The summed E-state index contributed by atoms with van der Waals surface area (Å²) in [5, 5.41) is 18.5. The molecule has 0 aliphatic carbocycles. The van der Waals surface area contributed by atoms with Crippen LogP contribution in [0.1, 0.15) is 23.0 Å². The fraction of sp³-hybridized carbons (Fsp3) is 0.500. The van der Waals surface area contributed by atoms with Gasteiger partial charge in [0.25, 0.3) is 5.56 Å². The maximum absolute atomic E-state index is 11.6. The quantitative estimate of drug-likeness (QED) is 0.537. The fourth-order valence-electron chi connectivity index (χ4n) is 1.85. The molecule has 8 heteroatoms. The summed E-state index contributed by atoms with van der Waals surface area (Å²) >= 11 is 0. The first-order valence-corrected chi connectivity index (χ1v) is 5.32. The molecule has 1 aromatic heterocycles. The standard InChI is InChI=1S/C10H12N2O6/c13-3-5-2-12(10(17)11-9(5)16)8-1-6(15)7(4-14)18-8/h2-3,6-8,14-15H,1,4H2,(H,11,16,17)/t6-,7-,8-/m1/s1. The number of rotatable bonds is 3. The van der Waals surface area contributed by atoms with Gasteiger partial charge in [-0.2, -0.15) is 0 Å². The first-order valence-electron chi connectivity index (χ1n) is 5.32. The van der Waals surface area contributed by atoms with Crippen LogP contribution >= 0.6 is 0 Å². The van der Waals surface area contributed by atoms with Crippen molar-refractivity contribution in [2.75, 3.05) is 6.61 Å². The molecule has 0 radical (unpaired) electrons. The molecule has 3 N–H and O–H groups in total. The fourth-order valence-corrected chi connectivity index (χ4v) is 1.85. The third kappa shape index (κ3) is 2.13. The van der Waals surface area contributed by atoms with E-state index in [0.717, 1.165) is 10.8 Å². The second kappa shape index (κ2) is 4.84. The Hall–Kier alpha value is -1.77. The van der Waals surface area contributed by atoms with E-state index in [-0.39, 0.29) is 18.6 Å². The number of H-pyrrole nitrogens is 1. The molecule has 1 aliphatic heterocycles. The van der Waals surface area contributed by atoms with Crippen LogP contribution < -0.4 is 11.2 Å². The van der Waals surface area contributed by atoms with Gasteiger partial charge in [-0.25, -0.2) is 4.79 Å². The van der Waals surface area contributed by atoms with Crippen LogP contribution in [0.5, 0.6) is 0 Å². The molecule has 1 fully saturated rings. The minimum atomic E-state index is -0.904. The minimum Gasteiger partial charge on any atom is -0.394 e. The Labute approximate surface area is 100 Å². The molecule has 1 saturated heterocycles. The summed E-state index contributed by atoms with van der Waals surface area (Å²) in [6, 6.07) is 0. The molecule has 0 aromatic carbocycles. The molecule has 1 aliphatic rings. The number of aldehydes is 1. The van der Waals surface area contributed by atoms with E-state index in [0.29, 0.717) is 6.29 Å². The molecular weight excluding hydrogens is 244 g/mol. The maximum Gasteiger partial charge on any atom is 0.330 e. The average molecular weight is 256 g/mol. The molecule has 0 spiro atoms. The van der Waals surface area contributed by atoms with Gasteiger partial charge in [0, 0.05) is 12.6 Å². The summed E-state index contributed by atoms with van der Waals surface area (Å²) in [5.74, 6) is 0. The van der Waals surface area contributed by atoms with E-state index in [2.05, 4.69) is 0 Å². The van der Waals surface area contributed by atoms with Crippen molar-refractivity contribution in [2.45, 2.75) is 24.9 Å². The third-order valence-electron chi connectivity index (χ3n) is 2.82. The van der Waals surface area contributed by atoms with Crippen molar-refractivity contribution in [2.24, 2.45) is 0 Å². The Balaban J connectivity index is 2.38. The lowest BCUT2D eigenvalue weighted by Gasteiger charge is -2.14. The lowest BCUT2D eigenvalue weighted by Crippen LogP contribution is -2.34. The number of hydrogen-bond acceptors (Lipinski definition) is 6. The van der Waals surface area contributed by atoms with Crippen molar-refractivity contribution in [3.05, 3.63) is 32.6 Å². The van der Waals surface area contributed by atoms with E-state index in [1.165, 1.54) is 0 Å². The molecule has 1 aromatic rings. The Kier molecular flexibility index (Phi) is 3.41. The van der Waals surface area contributed by atoms with Crippen molar-refractivity contribution >= 4 is 6.29 Å². The smallest absolute Gasteiger partial charge is 0.330 e. The number of nitrogens with zero attached hydrogens (tertiary/aromatic N) is 1. The third-order valence-corrected chi connectivity index (χ3v) is 2.82. The lowest BCUT2D eigenvalue weighted by molar-refractivity contribution is -0.0459. The van der Waals surface area contributed by atoms with Crippen LogP contribution in [0.4, 0.5) is 0 Å². The van der Waals surface area contributed by atoms with Crippen LogP contribution in [-0.4, -0.2) is 44.9 Å². The molecule has 2 heterocycles. The Morgan fingerprint density at radius 1 is 1.56 bits per heavy atom. The van der Waals surface area contributed by atoms with Gasteiger partial charge in [0.1, 0.15) is 12.3 Å². The molecule has 0 saturated carbocycles. The summed E-state index contributed by atoms with van der Waals surface area (Å²) in [5.41, 5.74) is -1.72. The number of aromatic nitrogens is 2. The van der Waals surface area contributed by atoms with Crippen molar-refractivity contribution < 1.29 is 19.7 Å². The maximum atomic E-state index is 11.6. The zero-order valence-electron chi connectivity index (χ0n) is 9.28. The summed E-state index contributed by atoms with van der Waals surface area (Å²) < 4.78 is 6.27.